The van der Waals surface area contributed by atoms with Crippen molar-refractivity contribution in [3.05, 3.63) is 77.9 Å². The summed E-state index contributed by atoms with van der Waals surface area (Å²) in [5.74, 6) is -0.100. The van der Waals surface area contributed by atoms with E-state index in [2.05, 4.69) is 16.3 Å². The number of nitriles is 1. The van der Waals surface area contributed by atoms with Gasteiger partial charge in [0.1, 0.15) is 0 Å². The highest BCUT2D eigenvalue weighted by atomic mass is 16.2. The number of hydrogen-bond acceptors (Lipinski definition) is 4. The molecular weight excluding hydrogens is 400 g/mol. The number of carbonyl (C=O) groups excluding carboxylic acids is 2. The molecule has 0 bridgehead atoms. The van der Waals surface area contributed by atoms with Crippen molar-refractivity contribution in [3.63, 3.8) is 0 Å². The number of carbonyl (C=O) groups is 2. The highest BCUT2D eigenvalue weighted by molar-refractivity contribution is 5.98. The van der Waals surface area contributed by atoms with Crippen LogP contribution in [-0.2, 0) is 4.79 Å². The maximum Gasteiger partial charge on any atom is 0.251 e. The zero-order valence-corrected chi connectivity index (χ0v) is 18.0. The summed E-state index contributed by atoms with van der Waals surface area (Å²) in [5.41, 5.74) is 2.32. The van der Waals surface area contributed by atoms with Crippen molar-refractivity contribution in [1.82, 2.24) is 10.2 Å². The van der Waals surface area contributed by atoms with Crippen molar-refractivity contribution >= 4 is 28.3 Å². The number of amides is 2. The number of hydrogen-bond donors (Lipinski definition) is 1. The molecule has 1 N–H and O–H groups in total. The Bertz CT molecular complexity index is 1150. The number of anilines is 1. The van der Waals surface area contributed by atoms with Crippen molar-refractivity contribution in [2.24, 2.45) is 0 Å². The van der Waals surface area contributed by atoms with Gasteiger partial charge in [0.05, 0.1) is 11.6 Å². The predicted octanol–water partition coefficient (Wildman–Crippen LogP) is 3.57. The number of nitrogens with zero attached hydrogens (tertiary/aromatic N) is 3. The van der Waals surface area contributed by atoms with Crippen LogP contribution >= 0.6 is 0 Å². The van der Waals surface area contributed by atoms with Gasteiger partial charge in [-0.1, -0.05) is 30.3 Å². The normalized spacial score (nSPS) is 14.0. The summed E-state index contributed by atoms with van der Waals surface area (Å²) in [7, 11) is 0. The topological polar surface area (TPSA) is 76.4 Å². The Morgan fingerprint density at radius 3 is 2.47 bits per heavy atom. The van der Waals surface area contributed by atoms with Crippen LogP contribution in [0.15, 0.2) is 66.7 Å². The van der Waals surface area contributed by atoms with Crippen molar-refractivity contribution in [1.29, 1.82) is 5.26 Å². The highest BCUT2D eigenvalue weighted by Crippen LogP contribution is 2.18. The predicted molar refractivity (Wildman–Crippen MR) is 125 cm³/mol. The lowest BCUT2D eigenvalue weighted by Gasteiger charge is -2.24. The molecule has 3 aromatic rings. The first kappa shape index (κ1) is 21.4. The van der Waals surface area contributed by atoms with E-state index in [9.17, 15) is 9.59 Å². The van der Waals surface area contributed by atoms with Crippen LogP contribution in [0.5, 0.6) is 0 Å². The summed E-state index contributed by atoms with van der Waals surface area (Å²) in [4.78, 5) is 29.3. The van der Waals surface area contributed by atoms with Crippen LogP contribution in [0.2, 0.25) is 0 Å². The Hall–Kier alpha value is -3.85. The number of rotatable bonds is 5. The monoisotopic (exact) mass is 426 g/mol. The largest absolute Gasteiger partial charge is 0.370 e. The van der Waals surface area contributed by atoms with Gasteiger partial charge in [-0.3, -0.25) is 9.59 Å². The lowest BCUT2D eigenvalue weighted by atomic mass is 10.1. The standard InChI is InChI=1S/C26H26N4O2/c27-19-20-6-10-24(11-7-20)29-14-3-15-30(17-16-29)25(31)12-13-28-26(32)23-9-8-21-4-1-2-5-22(21)18-23/h1-2,4-11,18H,3,12-17H2,(H,28,32). The summed E-state index contributed by atoms with van der Waals surface area (Å²) in [6, 6.07) is 23.2. The van der Waals surface area contributed by atoms with E-state index in [0.717, 1.165) is 36.0 Å². The van der Waals surface area contributed by atoms with Gasteiger partial charge in [-0.2, -0.15) is 5.26 Å². The molecule has 1 aliphatic rings. The minimum Gasteiger partial charge on any atom is -0.370 e. The van der Waals surface area contributed by atoms with Crippen LogP contribution < -0.4 is 10.2 Å². The van der Waals surface area contributed by atoms with Gasteiger partial charge in [-0.05, 0) is 53.6 Å². The molecule has 1 fully saturated rings. The van der Waals surface area contributed by atoms with E-state index < -0.39 is 0 Å². The molecule has 0 unspecified atom stereocenters. The molecule has 0 atom stereocenters. The van der Waals surface area contributed by atoms with E-state index in [-0.39, 0.29) is 18.2 Å². The van der Waals surface area contributed by atoms with Crippen LogP contribution in [0.3, 0.4) is 0 Å². The van der Waals surface area contributed by atoms with E-state index in [1.807, 2.05) is 71.6 Å². The number of fused-ring (bicyclic) bond motifs is 1. The van der Waals surface area contributed by atoms with Gasteiger partial charge in [0.15, 0.2) is 0 Å². The zero-order chi connectivity index (χ0) is 22.3. The van der Waals surface area contributed by atoms with E-state index in [4.69, 9.17) is 5.26 Å². The zero-order valence-electron chi connectivity index (χ0n) is 18.0. The lowest BCUT2D eigenvalue weighted by Crippen LogP contribution is -2.37. The quantitative estimate of drug-likeness (QED) is 0.677. The SMILES string of the molecule is N#Cc1ccc(N2CCCN(C(=O)CCNC(=O)c3ccc4ccccc4c3)CC2)cc1. The maximum atomic E-state index is 12.7. The second-order valence-corrected chi connectivity index (χ2v) is 7.95. The molecule has 32 heavy (non-hydrogen) atoms. The van der Waals surface area contributed by atoms with Gasteiger partial charge in [-0.25, -0.2) is 0 Å². The molecule has 3 aromatic carbocycles. The fourth-order valence-corrected chi connectivity index (χ4v) is 4.05. The van der Waals surface area contributed by atoms with Gasteiger partial charge >= 0.3 is 0 Å². The Balaban J connectivity index is 1.26. The number of benzene rings is 3. The van der Waals surface area contributed by atoms with Crippen LogP contribution in [0.4, 0.5) is 5.69 Å². The fraction of sp³-hybridized carbons (Fsp3) is 0.269. The van der Waals surface area contributed by atoms with Crippen molar-refractivity contribution in [2.45, 2.75) is 12.8 Å². The molecule has 1 aliphatic heterocycles. The first-order chi connectivity index (χ1) is 15.6. The minimum atomic E-state index is -0.161. The average Bonchev–Trinajstić information content (AvgIpc) is 3.10. The van der Waals surface area contributed by atoms with Gasteiger partial charge < -0.3 is 15.1 Å². The molecule has 0 spiro atoms. The smallest absolute Gasteiger partial charge is 0.251 e. The third kappa shape index (κ3) is 5.06. The minimum absolute atomic E-state index is 0.0606. The van der Waals surface area contributed by atoms with Crippen molar-refractivity contribution in [2.75, 3.05) is 37.6 Å². The second kappa shape index (κ2) is 9.97. The first-order valence-electron chi connectivity index (χ1n) is 10.9. The summed E-state index contributed by atoms with van der Waals surface area (Å²) in [6.45, 7) is 3.30. The summed E-state index contributed by atoms with van der Waals surface area (Å²) in [5, 5.41) is 13.9. The molecule has 0 saturated carbocycles. The summed E-state index contributed by atoms with van der Waals surface area (Å²) in [6.07, 6.45) is 1.17. The van der Waals surface area contributed by atoms with Crippen LogP contribution in [0, 0.1) is 11.3 Å². The molecule has 1 saturated heterocycles. The van der Waals surface area contributed by atoms with Gasteiger partial charge in [-0.15, -0.1) is 0 Å². The van der Waals surface area contributed by atoms with E-state index in [1.165, 1.54) is 0 Å². The molecular formula is C26H26N4O2. The molecule has 1 heterocycles. The molecule has 0 radical (unpaired) electrons. The number of nitrogens with one attached hydrogen (secondary N) is 1. The van der Waals surface area contributed by atoms with Crippen LogP contribution in [0.1, 0.15) is 28.8 Å². The van der Waals surface area contributed by atoms with E-state index in [0.29, 0.717) is 30.8 Å². The van der Waals surface area contributed by atoms with Gasteiger partial charge in [0.25, 0.3) is 5.91 Å². The maximum absolute atomic E-state index is 12.7. The molecule has 6 nitrogen and oxygen atoms in total. The molecule has 2 amide bonds. The van der Waals surface area contributed by atoms with Crippen LogP contribution in [0.25, 0.3) is 10.8 Å². The van der Waals surface area contributed by atoms with E-state index in [1.54, 1.807) is 0 Å². The Morgan fingerprint density at radius 2 is 1.69 bits per heavy atom. The highest BCUT2D eigenvalue weighted by Gasteiger charge is 2.19. The van der Waals surface area contributed by atoms with Crippen LogP contribution in [-0.4, -0.2) is 49.4 Å². The molecule has 4 rings (SSSR count). The molecule has 162 valence electrons. The Labute approximate surface area is 188 Å². The first-order valence-corrected chi connectivity index (χ1v) is 10.9. The van der Waals surface area contributed by atoms with Crippen molar-refractivity contribution < 1.29 is 9.59 Å². The van der Waals surface area contributed by atoms with E-state index >= 15 is 0 Å². The van der Waals surface area contributed by atoms with Gasteiger partial charge in [0.2, 0.25) is 5.91 Å². The fourth-order valence-electron chi connectivity index (χ4n) is 4.05. The Kier molecular flexibility index (Phi) is 6.66. The average molecular weight is 427 g/mol. The molecule has 0 aromatic heterocycles. The third-order valence-corrected chi connectivity index (χ3v) is 5.85. The van der Waals surface area contributed by atoms with Gasteiger partial charge in [0, 0.05) is 50.4 Å². The third-order valence-electron chi connectivity index (χ3n) is 5.85. The molecule has 0 aliphatic carbocycles. The Morgan fingerprint density at radius 1 is 0.906 bits per heavy atom. The molecule has 6 heteroatoms. The van der Waals surface area contributed by atoms with Crippen molar-refractivity contribution in [3.8, 4) is 6.07 Å². The summed E-state index contributed by atoms with van der Waals surface area (Å²) >= 11 is 0. The second-order valence-electron chi connectivity index (χ2n) is 7.95. The summed E-state index contributed by atoms with van der Waals surface area (Å²) < 4.78 is 0. The lowest BCUT2D eigenvalue weighted by molar-refractivity contribution is -0.130.